The summed E-state index contributed by atoms with van der Waals surface area (Å²) in [6, 6.07) is 5.18. The van der Waals surface area contributed by atoms with Crippen LogP contribution in [-0.4, -0.2) is 23.3 Å². The number of H-pyrrole nitrogens is 1. The first kappa shape index (κ1) is 14.5. The maximum absolute atomic E-state index is 13.5. The molecule has 1 heterocycles. The molecule has 5 nitrogen and oxygen atoms in total. The van der Waals surface area contributed by atoms with Crippen molar-refractivity contribution in [2.45, 2.75) is 12.6 Å². The van der Waals surface area contributed by atoms with E-state index >= 15 is 0 Å². The minimum absolute atomic E-state index is 0.00549. The van der Waals surface area contributed by atoms with Gasteiger partial charge >= 0.3 is 5.97 Å². The molecule has 0 aliphatic rings. The number of carbonyl (C=O) groups is 1. The van der Waals surface area contributed by atoms with Crippen molar-refractivity contribution in [2.24, 2.45) is 0 Å². The zero-order valence-corrected chi connectivity index (χ0v) is 11.4. The molecular weight excluding hydrogens is 285 g/mol. The van der Waals surface area contributed by atoms with Crippen molar-refractivity contribution < 1.29 is 13.9 Å². The summed E-state index contributed by atoms with van der Waals surface area (Å²) in [6.07, 6.45) is 1.60. The quantitative estimate of drug-likeness (QED) is 0.830. The van der Waals surface area contributed by atoms with Crippen LogP contribution in [0.5, 0.6) is 0 Å². The van der Waals surface area contributed by atoms with E-state index in [2.05, 4.69) is 15.5 Å². The Morgan fingerprint density at radius 1 is 1.55 bits per heavy atom. The van der Waals surface area contributed by atoms with Crippen LogP contribution in [-0.2, 0) is 16.1 Å². The Morgan fingerprint density at radius 3 is 2.95 bits per heavy atom. The van der Waals surface area contributed by atoms with Gasteiger partial charge in [0.05, 0.1) is 12.1 Å². The molecule has 1 aromatic heterocycles. The van der Waals surface area contributed by atoms with Crippen molar-refractivity contribution >= 4 is 17.6 Å². The number of methoxy groups -OCH3 is 1. The first-order valence-electron chi connectivity index (χ1n) is 5.86. The molecule has 1 atom stereocenters. The van der Waals surface area contributed by atoms with Crippen LogP contribution >= 0.6 is 11.6 Å². The smallest absolute Gasteiger partial charge is 0.327 e. The minimum atomic E-state index is -0.782. The van der Waals surface area contributed by atoms with Crippen LogP contribution in [0.1, 0.15) is 17.3 Å². The molecule has 1 aromatic carbocycles. The van der Waals surface area contributed by atoms with Gasteiger partial charge in [-0.15, -0.1) is 0 Å². The highest BCUT2D eigenvalue weighted by molar-refractivity contribution is 6.30. The Morgan fingerprint density at radius 2 is 2.35 bits per heavy atom. The van der Waals surface area contributed by atoms with Crippen molar-refractivity contribution in [2.75, 3.05) is 7.11 Å². The number of benzene rings is 1. The Hall–Kier alpha value is -1.92. The standard InChI is InChI=1S/C13H13ClFN3O2/c1-20-13(19)12(16-7-9-4-5-17-18-9)8-2-3-10(14)11(15)6-8/h2-6,12,16H,7H2,1H3,(H,17,18). The van der Waals surface area contributed by atoms with Crippen molar-refractivity contribution in [3.8, 4) is 0 Å². The molecule has 106 valence electrons. The lowest BCUT2D eigenvalue weighted by atomic mass is 10.1. The van der Waals surface area contributed by atoms with Crippen LogP contribution in [0.15, 0.2) is 30.5 Å². The Balaban J connectivity index is 2.18. The third kappa shape index (κ3) is 3.34. The second-order valence-electron chi connectivity index (χ2n) is 4.09. The lowest BCUT2D eigenvalue weighted by Gasteiger charge is -2.16. The molecule has 7 heteroatoms. The number of halogens is 2. The molecule has 2 aromatic rings. The molecule has 0 bridgehead atoms. The number of ether oxygens (including phenoxy) is 1. The van der Waals surface area contributed by atoms with E-state index in [-0.39, 0.29) is 5.02 Å². The van der Waals surface area contributed by atoms with Crippen molar-refractivity contribution in [1.29, 1.82) is 0 Å². The SMILES string of the molecule is COC(=O)C(NCc1ccn[nH]1)c1ccc(Cl)c(F)c1. The third-order valence-corrected chi connectivity index (χ3v) is 3.08. The molecule has 0 radical (unpaired) electrons. The van der Waals surface area contributed by atoms with Crippen LogP contribution in [0, 0.1) is 5.82 Å². The molecule has 20 heavy (non-hydrogen) atoms. The summed E-state index contributed by atoms with van der Waals surface area (Å²) in [6.45, 7) is 0.365. The van der Waals surface area contributed by atoms with Gasteiger partial charge in [-0.05, 0) is 23.8 Å². The normalized spacial score (nSPS) is 12.2. The molecule has 2 rings (SSSR count). The van der Waals surface area contributed by atoms with Crippen LogP contribution in [0.2, 0.25) is 5.02 Å². The molecule has 0 spiro atoms. The zero-order chi connectivity index (χ0) is 14.5. The van der Waals surface area contributed by atoms with E-state index in [4.69, 9.17) is 16.3 Å². The maximum atomic E-state index is 13.5. The van der Waals surface area contributed by atoms with Crippen molar-refractivity contribution in [1.82, 2.24) is 15.5 Å². The van der Waals surface area contributed by atoms with Gasteiger partial charge in [-0.1, -0.05) is 17.7 Å². The van der Waals surface area contributed by atoms with Crippen molar-refractivity contribution in [3.63, 3.8) is 0 Å². The number of hydrogen-bond donors (Lipinski definition) is 2. The van der Waals surface area contributed by atoms with E-state index in [0.717, 1.165) is 5.69 Å². The van der Waals surface area contributed by atoms with Crippen molar-refractivity contribution in [3.05, 3.63) is 52.6 Å². The zero-order valence-electron chi connectivity index (χ0n) is 10.7. The molecule has 0 saturated carbocycles. The van der Waals surface area contributed by atoms with Gasteiger partial charge in [0.25, 0.3) is 0 Å². The average Bonchev–Trinajstić information content (AvgIpc) is 2.95. The van der Waals surface area contributed by atoms with E-state index in [1.807, 2.05) is 0 Å². The topological polar surface area (TPSA) is 67.0 Å². The molecule has 0 aliphatic heterocycles. The lowest BCUT2D eigenvalue weighted by molar-refractivity contribution is -0.143. The highest BCUT2D eigenvalue weighted by Gasteiger charge is 2.22. The molecule has 0 amide bonds. The monoisotopic (exact) mass is 297 g/mol. The first-order valence-corrected chi connectivity index (χ1v) is 6.24. The van der Waals surface area contributed by atoms with E-state index < -0.39 is 17.8 Å². The van der Waals surface area contributed by atoms with E-state index in [9.17, 15) is 9.18 Å². The molecule has 0 fully saturated rings. The number of carbonyl (C=O) groups excluding carboxylic acids is 1. The van der Waals surface area contributed by atoms with Gasteiger partial charge in [-0.3, -0.25) is 10.4 Å². The third-order valence-electron chi connectivity index (χ3n) is 2.77. The van der Waals surface area contributed by atoms with Gasteiger partial charge in [0.2, 0.25) is 0 Å². The number of rotatable bonds is 5. The van der Waals surface area contributed by atoms with Gasteiger partial charge in [0, 0.05) is 18.4 Å². The number of aromatic nitrogens is 2. The van der Waals surface area contributed by atoms with Crippen LogP contribution in [0.4, 0.5) is 4.39 Å². The van der Waals surface area contributed by atoms with Crippen LogP contribution < -0.4 is 5.32 Å². The summed E-state index contributed by atoms with van der Waals surface area (Å²) in [7, 11) is 1.28. The molecule has 2 N–H and O–H groups in total. The van der Waals surface area contributed by atoms with Gasteiger partial charge < -0.3 is 4.74 Å². The lowest BCUT2D eigenvalue weighted by Crippen LogP contribution is -2.29. The molecule has 0 saturated heterocycles. The largest absolute Gasteiger partial charge is 0.468 e. The van der Waals surface area contributed by atoms with Gasteiger partial charge in [-0.2, -0.15) is 5.10 Å². The molecule has 0 aliphatic carbocycles. The predicted octanol–water partition coefficient (Wildman–Crippen LogP) is 2.21. The summed E-state index contributed by atoms with van der Waals surface area (Å²) in [5.74, 6) is -1.09. The fourth-order valence-corrected chi connectivity index (χ4v) is 1.86. The van der Waals surface area contributed by atoms with Gasteiger partial charge in [-0.25, -0.2) is 9.18 Å². The van der Waals surface area contributed by atoms with E-state index in [0.29, 0.717) is 12.1 Å². The molecule has 1 unspecified atom stereocenters. The number of aromatic amines is 1. The summed E-state index contributed by atoms with van der Waals surface area (Å²) < 4.78 is 18.2. The fourth-order valence-electron chi connectivity index (χ4n) is 1.74. The second-order valence-corrected chi connectivity index (χ2v) is 4.50. The highest BCUT2D eigenvalue weighted by atomic mass is 35.5. The predicted molar refractivity (Wildman–Crippen MR) is 71.6 cm³/mol. The molecular formula is C13H13ClFN3O2. The maximum Gasteiger partial charge on any atom is 0.327 e. The first-order chi connectivity index (χ1) is 9.61. The number of nitrogens with zero attached hydrogens (tertiary/aromatic N) is 1. The fraction of sp³-hybridized carbons (Fsp3) is 0.231. The summed E-state index contributed by atoms with van der Waals surface area (Å²) in [4.78, 5) is 11.8. The van der Waals surface area contributed by atoms with E-state index in [1.54, 1.807) is 18.3 Å². The Labute approximate surface area is 120 Å². The number of hydrogen-bond acceptors (Lipinski definition) is 4. The van der Waals surface area contributed by atoms with Crippen LogP contribution in [0.3, 0.4) is 0 Å². The van der Waals surface area contributed by atoms with E-state index in [1.165, 1.54) is 19.2 Å². The second kappa shape index (κ2) is 6.49. The Bertz CT molecular complexity index is 589. The number of esters is 1. The summed E-state index contributed by atoms with van der Waals surface area (Å²) in [5.41, 5.74) is 1.24. The summed E-state index contributed by atoms with van der Waals surface area (Å²) >= 11 is 5.63. The minimum Gasteiger partial charge on any atom is -0.468 e. The highest BCUT2D eigenvalue weighted by Crippen LogP contribution is 2.21. The summed E-state index contributed by atoms with van der Waals surface area (Å²) in [5, 5.41) is 9.55. The number of nitrogens with one attached hydrogen (secondary N) is 2. The van der Waals surface area contributed by atoms with Gasteiger partial charge in [0.15, 0.2) is 0 Å². The van der Waals surface area contributed by atoms with Crippen LogP contribution in [0.25, 0.3) is 0 Å². The average molecular weight is 298 g/mol. The van der Waals surface area contributed by atoms with Gasteiger partial charge in [0.1, 0.15) is 11.9 Å². The Kier molecular flexibility index (Phi) is 4.70.